The Morgan fingerprint density at radius 1 is 1.52 bits per heavy atom. The summed E-state index contributed by atoms with van der Waals surface area (Å²) < 4.78 is 65.4. The molecule has 0 unspecified atom stereocenters. The zero-order valence-corrected chi connectivity index (χ0v) is 11.4. The number of hydrogen-bond acceptors (Lipinski definition) is 6. The minimum Gasteiger partial charge on any atom is -0.741 e. The topological polar surface area (TPSA) is 120 Å². The molecule has 0 saturated carbocycles. The lowest BCUT2D eigenvalue weighted by Crippen LogP contribution is -2.39. The lowest BCUT2D eigenvalue weighted by atomic mass is 10.3. The van der Waals surface area contributed by atoms with Crippen molar-refractivity contribution >= 4 is 16.1 Å². The Kier molecular flexibility index (Phi) is 7.18. The van der Waals surface area contributed by atoms with E-state index in [1.807, 2.05) is 0 Å². The number of aromatic nitrogens is 2. The van der Waals surface area contributed by atoms with Gasteiger partial charge in [0.15, 0.2) is 22.9 Å². The second-order valence-electron chi connectivity index (χ2n) is 3.38. The maximum absolute atomic E-state index is 10.7. The fourth-order valence-electron chi connectivity index (χ4n) is 0.828. The average Bonchev–Trinajstić information content (AvgIpc) is 2.35. The van der Waals surface area contributed by atoms with Crippen molar-refractivity contribution in [1.82, 2.24) is 5.10 Å². The van der Waals surface area contributed by atoms with Crippen molar-refractivity contribution in [3.63, 3.8) is 0 Å². The summed E-state index contributed by atoms with van der Waals surface area (Å²) >= 11 is 0. The largest absolute Gasteiger partial charge is 0.741 e. The Balaban J connectivity index is 0.000000433. The molecule has 0 aliphatic rings. The number of ether oxygens (including phenoxy) is 1. The third kappa shape index (κ3) is 7.53. The SMILES string of the molecule is COCC[n+]1ccc(C(=O)O)cn1.O=S(=O)([O-])C(F)(F)F. The molecule has 21 heavy (non-hydrogen) atoms. The summed E-state index contributed by atoms with van der Waals surface area (Å²) in [5.41, 5.74) is -5.46. The Hall–Kier alpha value is -1.79. The van der Waals surface area contributed by atoms with Crippen LogP contribution in [0.4, 0.5) is 13.2 Å². The lowest BCUT2D eigenvalue weighted by Gasteiger charge is -2.08. The van der Waals surface area contributed by atoms with Crippen LogP contribution in [0.2, 0.25) is 0 Å². The van der Waals surface area contributed by atoms with Crippen LogP contribution in [0.3, 0.4) is 0 Å². The Morgan fingerprint density at radius 2 is 2.05 bits per heavy atom. The molecule has 0 amide bonds. The first-order valence-electron chi connectivity index (χ1n) is 5.09. The van der Waals surface area contributed by atoms with Crippen LogP contribution in [0.1, 0.15) is 10.4 Å². The van der Waals surface area contributed by atoms with E-state index in [-0.39, 0.29) is 5.56 Å². The van der Waals surface area contributed by atoms with Gasteiger partial charge in [0.25, 0.3) is 0 Å². The van der Waals surface area contributed by atoms with Crippen LogP contribution in [0.25, 0.3) is 0 Å². The lowest BCUT2D eigenvalue weighted by molar-refractivity contribution is -0.754. The van der Waals surface area contributed by atoms with E-state index in [0.29, 0.717) is 13.2 Å². The Labute approximate surface area is 117 Å². The van der Waals surface area contributed by atoms with Gasteiger partial charge in [0.2, 0.25) is 0 Å². The molecule has 1 rings (SSSR count). The molecule has 0 aliphatic carbocycles. The molecule has 12 heteroatoms. The van der Waals surface area contributed by atoms with E-state index in [1.165, 1.54) is 12.3 Å². The average molecular weight is 332 g/mol. The van der Waals surface area contributed by atoms with Crippen molar-refractivity contribution in [3.8, 4) is 0 Å². The van der Waals surface area contributed by atoms with Gasteiger partial charge in [-0.3, -0.25) is 0 Å². The normalized spacial score (nSPS) is 11.5. The van der Waals surface area contributed by atoms with Crippen molar-refractivity contribution in [2.45, 2.75) is 12.1 Å². The van der Waals surface area contributed by atoms with Crippen molar-refractivity contribution < 1.29 is 45.5 Å². The summed E-state index contributed by atoms with van der Waals surface area (Å²) in [5, 5.41) is 12.5. The van der Waals surface area contributed by atoms with Crippen LogP contribution in [0.15, 0.2) is 18.5 Å². The first-order chi connectivity index (χ1) is 9.49. The zero-order chi connectivity index (χ0) is 16.7. The fraction of sp³-hybridized carbons (Fsp3) is 0.444. The van der Waals surface area contributed by atoms with Crippen LogP contribution in [0, 0.1) is 0 Å². The van der Waals surface area contributed by atoms with Gasteiger partial charge in [-0.1, -0.05) is 4.68 Å². The fourth-order valence-corrected chi connectivity index (χ4v) is 0.828. The van der Waals surface area contributed by atoms with E-state index in [9.17, 15) is 18.0 Å². The van der Waals surface area contributed by atoms with E-state index in [1.54, 1.807) is 18.0 Å². The molecule has 0 radical (unpaired) electrons. The molecule has 8 nitrogen and oxygen atoms in total. The maximum atomic E-state index is 10.7. The second kappa shape index (κ2) is 7.85. The Bertz CT molecular complexity index is 558. The van der Waals surface area contributed by atoms with Gasteiger partial charge in [-0.2, -0.15) is 13.2 Å². The number of halogens is 3. The molecule has 120 valence electrons. The van der Waals surface area contributed by atoms with Gasteiger partial charge in [0.1, 0.15) is 12.8 Å². The molecule has 0 saturated heterocycles. The summed E-state index contributed by atoms with van der Waals surface area (Å²) in [6, 6.07) is 1.50. The highest BCUT2D eigenvalue weighted by Crippen LogP contribution is 2.20. The van der Waals surface area contributed by atoms with Gasteiger partial charge in [-0.25, -0.2) is 13.2 Å². The first-order valence-corrected chi connectivity index (χ1v) is 6.50. The van der Waals surface area contributed by atoms with E-state index in [2.05, 4.69) is 5.10 Å². The number of rotatable bonds is 4. The smallest absolute Gasteiger partial charge is 0.485 e. The number of nitrogens with zero attached hydrogens (tertiary/aromatic N) is 2. The number of carbonyl (C=O) groups is 1. The summed E-state index contributed by atoms with van der Waals surface area (Å²) in [4.78, 5) is 10.5. The van der Waals surface area contributed by atoms with Gasteiger partial charge >= 0.3 is 11.5 Å². The monoisotopic (exact) mass is 332 g/mol. The molecular formula is C9H11F3N2O6S. The van der Waals surface area contributed by atoms with Crippen molar-refractivity contribution in [1.29, 1.82) is 0 Å². The Morgan fingerprint density at radius 3 is 2.33 bits per heavy atom. The standard InChI is InChI=1S/C8H10N2O3.CHF3O3S/c1-13-5-4-10-3-2-7(6-9-10)8(11)12;2-1(3,4)8(5,6)7/h2-3,6H,4-5H2,1H3;(H,5,6,7). The maximum Gasteiger partial charge on any atom is 0.485 e. The predicted octanol–water partition coefficient (Wildman–Crippen LogP) is -0.235. The summed E-state index contributed by atoms with van der Waals surface area (Å²) in [6.07, 6.45) is 2.93. The molecule has 0 aromatic carbocycles. The third-order valence-corrected chi connectivity index (χ3v) is 2.39. The number of carboxylic acid groups (broad SMARTS) is 1. The van der Waals surface area contributed by atoms with Crippen LogP contribution in [-0.4, -0.2) is 48.4 Å². The molecule has 1 N–H and O–H groups in total. The van der Waals surface area contributed by atoms with Gasteiger partial charge in [0, 0.05) is 13.2 Å². The first kappa shape index (κ1) is 19.2. The number of hydrogen-bond donors (Lipinski definition) is 1. The molecule has 0 bridgehead atoms. The number of methoxy groups -OCH3 is 1. The number of aromatic carboxylic acids is 1. The van der Waals surface area contributed by atoms with Crippen molar-refractivity contribution in [2.75, 3.05) is 13.7 Å². The van der Waals surface area contributed by atoms with Gasteiger partial charge < -0.3 is 14.4 Å². The number of alkyl halides is 3. The van der Waals surface area contributed by atoms with Gasteiger partial charge in [0.05, 0.1) is 5.56 Å². The van der Waals surface area contributed by atoms with E-state index in [4.69, 9.17) is 22.8 Å². The summed E-state index contributed by atoms with van der Waals surface area (Å²) in [6.45, 7) is 1.18. The molecule has 0 atom stereocenters. The predicted molar refractivity (Wildman–Crippen MR) is 59.0 cm³/mol. The van der Waals surface area contributed by atoms with Crippen LogP contribution in [0.5, 0.6) is 0 Å². The quantitative estimate of drug-likeness (QED) is 0.459. The molecule has 1 aromatic heterocycles. The minimum absolute atomic E-state index is 0.189. The van der Waals surface area contributed by atoms with E-state index < -0.39 is 21.6 Å². The number of carboxylic acids is 1. The van der Waals surface area contributed by atoms with Gasteiger partial charge in [-0.15, -0.1) is 0 Å². The molecular weight excluding hydrogens is 321 g/mol. The van der Waals surface area contributed by atoms with E-state index in [0.717, 1.165) is 0 Å². The molecule has 0 fully saturated rings. The molecule has 0 spiro atoms. The minimum atomic E-state index is -6.09. The zero-order valence-electron chi connectivity index (χ0n) is 10.6. The summed E-state index contributed by atoms with van der Waals surface area (Å²) in [7, 11) is -4.49. The van der Waals surface area contributed by atoms with E-state index >= 15 is 0 Å². The summed E-state index contributed by atoms with van der Waals surface area (Å²) in [5.74, 6) is -0.966. The van der Waals surface area contributed by atoms with Crippen molar-refractivity contribution in [3.05, 3.63) is 24.0 Å². The van der Waals surface area contributed by atoms with Crippen LogP contribution >= 0.6 is 0 Å². The highest BCUT2D eigenvalue weighted by atomic mass is 32.2. The highest BCUT2D eigenvalue weighted by molar-refractivity contribution is 7.86. The van der Waals surface area contributed by atoms with Gasteiger partial charge in [-0.05, 0) is 5.10 Å². The second-order valence-corrected chi connectivity index (χ2v) is 4.75. The van der Waals surface area contributed by atoms with Crippen LogP contribution in [-0.2, 0) is 21.4 Å². The molecule has 1 heterocycles. The highest BCUT2D eigenvalue weighted by Gasteiger charge is 2.36. The molecule has 1 aromatic rings. The third-order valence-electron chi connectivity index (χ3n) is 1.83. The van der Waals surface area contributed by atoms with Crippen LogP contribution < -0.4 is 4.68 Å². The van der Waals surface area contributed by atoms with Crippen molar-refractivity contribution in [2.24, 2.45) is 0 Å². The molecule has 0 aliphatic heterocycles.